The van der Waals surface area contributed by atoms with Gasteiger partial charge in [-0.05, 0) is 0 Å². The standard InChI is InChI=1S/C6H10N2O.ClH/c7-2-1-5-3-8-4-6(5)9;/h5-6,8-9H,1,3-4H2;1H/t5-,6-;/m1./s1. The molecule has 0 aromatic heterocycles. The molecule has 1 fully saturated rings. The zero-order valence-electron chi connectivity index (χ0n) is 5.58. The number of aliphatic hydroxyl groups excluding tert-OH is 1. The lowest BCUT2D eigenvalue weighted by Gasteiger charge is -2.06. The number of aliphatic hydroxyl groups is 1. The highest BCUT2D eigenvalue weighted by atomic mass is 35.5. The van der Waals surface area contributed by atoms with E-state index in [1.807, 2.05) is 6.07 Å². The van der Waals surface area contributed by atoms with Crippen LogP contribution in [-0.4, -0.2) is 24.3 Å². The van der Waals surface area contributed by atoms with E-state index >= 15 is 0 Å². The van der Waals surface area contributed by atoms with Gasteiger partial charge in [-0.3, -0.25) is 0 Å². The van der Waals surface area contributed by atoms with Gasteiger partial charge in [-0.2, -0.15) is 5.26 Å². The van der Waals surface area contributed by atoms with Crippen LogP contribution in [0.4, 0.5) is 0 Å². The number of halogens is 1. The Bertz CT molecular complexity index is 134. The predicted octanol–water partition coefficient (Wildman–Crippen LogP) is -0.0978. The highest BCUT2D eigenvalue weighted by Gasteiger charge is 2.23. The molecule has 1 aliphatic heterocycles. The van der Waals surface area contributed by atoms with Crippen LogP contribution in [0.25, 0.3) is 0 Å². The summed E-state index contributed by atoms with van der Waals surface area (Å²) >= 11 is 0. The third-order valence-electron chi connectivity index (χ3n) is 1.66. The van der Waals surface area contributed by atoms with Crippen LogP contribution in [-0.2, 0) is 0 Å². The molecule has 0 aliphatic carbocycles. The monoisotopic (exact) mass is 162 g/mol. The quantitative estimate of drug-likeness (QED) is 0.567. The van der Waals surface area contributed by atoms with Crippen molar-refractivity contribution in [2.24, 2.45) is 5.92 Å². The van der Waals surface area contributed by atoms with Gasteiger partial charge in [0, 0.05) is 25.4 Å². The second kappa shape index (κ2) is 4.51. The van der Waals surface area contributed by atoms with E-state index in [0.29, 0.717) is 13.0 Å². The minimum absolute atomic E-state index is 0. The Morgan fingerprint density at radius 3 is 2.70 bits per heavy atom. The van der Waals surface area contributed by atoms with Crippen molar-refractivity contribution < 1.29 is 5.11 Å². The first-order valence-corrected chi connectivity index (χ1v) is 3.10. The molecule has 1 heterocycles. The van der Waals surface area contributed by atoms with Gasteiger partial charge in [-0.25, -0.2) is 0 Å². The number of hydrogen-bond acceptors (Lipinski definition) is 3. The van der Waals surface area contributed by atoms with Gasteiger partial charge in [0.25, 0.3) is 0 Å². The molecular weight excluding hydrogens is 152 g/mol. The molecule has 58 valence electrons. The van der Waals surface area contributed by atoms with Gasteiger partial charge in [0.1, 0.15) is 0 Å². The van der Waals surface area contributed by atoms with E-state index < -0.39 is 0 Å². The van der Waals surface area contributed by atoms with Crippen molar-refractivity contribution >= 4 is 12.4 Å². The lowest BCUT2D eigenvalue weighted by atomic mass is 10.0. The Hall–Kier alpha value is -0.300. The number of nitrogens with zero attached hydrogens (tertiary/aromatic N) is 1. The van der Waals surface area contributed by atoms with E-state index in [9.17, 15) is 0 Å². The second-order valence-electron chi connectivity index (χ2n) is 2.35. The van der Waals surface area contributed by atoms with Crippen LogP contribution in [0.1, 0.15) is 6.42 Å². The summed E-state index contributed by atoms with van der Waals surface area (Å²) < 4.78 is 0. The van der Waals surface area contributed by atoms with E-state index in [1.165, 1.54) is 0 Å². The van der Waals surface area contributed by atoms with Crippen molar-refractivity contribution in [1.82, 2.24) is 5.32 Å². The third-order valence-corrected chi connectivity index (χ3v) is 1.66. The second-order valence-corrected chi connectivity index (χ2v) is 2.35. The number of rotatable bonds is 1. The minimum Gasteiger partial charge on any atom is -0.391 e. The molecule has 1 aliphatic rings. The molecule has 0 radical (unpaired) electrons. The van der Waals surface area contributed by atoms with E-state index in [-0.39, 0.29) is 24.4 Å². The largest absolute Gasteiger partial charge is 0.391 e. The average Bonchev–Trinajstić information content (AvgIpc) is 2.18. The van der Waals surface area contributed by atoms with Crippen LogP contribution in [0.3, 0.4) is 0 Å². The first-order chi connectivity index (χ1) is 4.34. The van der Waals surface area contributed by atoms with Crippen molar-refractivity contribution in [3.63, 3.8) is 0 Å². The molecule has 2 atom stereocenters. The summed E-state index contributed by atoms with van der Waals surface area (Å²) in [6, 6.07) is 2.04. The molecule has 0 bridgehead atoms. The first kappa shape index (κ1) is 9.70. The van der Waals surface area contributed by atoms with E-state index in [4.69, 9.17) is 10.4 Å². The first-order valence-electron chi connectivity index (χ1n) is 3.10. The summed E-state index contributed by atoms with van der Waals surface area (Å²) in [6.07, 6.45) is 0.165. The van der Waals surface area contributed by atoms with Crippen molar-refractivity contribution in [2.45, 2.75) is 12.5 Å². The van der Waals surface area contributed by atoms with Gasteiger partial charge in [-0.1, -0.05) is 0 Å². The average molecular weight is 163 g/mol. The van der Waals surface area contributed by atoms with Gasteiger partial charge in [-0.15, -0.1) is 12.4 Å². The Kier molecular flexibility index (Phi) is 4.37. The summed E-state index contributed by atoms with van der Waals surface area (Å²) in [7, 11) is 0. The van der Waals surface area contributed by atoms with Crippen LogP contribution in [0.15, 0.2) is 0 Å². The maximum Gasteiger partial charge on any atom is 0.0714 e. The van der Waals surface area contributed by atoms with Crippen LogP contribution >= 0.6 is 12.4 Å². The molecule has 10 heavy (non-hydrogen) atoms. The van der Waals surface area contributed by atoms with Crippen molar-refractivity contribution in [1.29, 1.82) is 5.26 Å². The van der Waals surface area contributed by atoms with Crippen LogP contribution < -0.4 is 5.32 Å². The Morgan fingerprint density at radius 2 is 2.30 bits per heavy atom. The Balaban J connectivity index is 0.000000810. The number of β-amino-alcohol motifs (C(OH)–C–C–N with tert-alkyl or cyclic N) is 1. The maximum absolute atomic E-state index is 9.11. The molecule has 0 spiro atoms. The predicted molar refractivity (Wildman–Crippen MR) is 39.8 cm³/mol. The summed E-state index contributed by atoms with van der Waals surface area (Å²) in [6.45, 7) is 1.43. The van der Waals surface area contributed by atoms with Gasteiger partial charge >= 0.3 is 0 Å². The summed E-state index contributed by atoms with van der Waals surface area (Å²) in [5.74, 6) is 0.162. The lowest BCUT2D eigenvalue weighted by molar-refractivity contribution is 0.150. The number of nitriles is 1. The molecular formula is C6H11ClN2O. The van der Waals surface area contributed by atoms with E-state index in [2.05, 4.69) is 5.32 Å². The molecule has 0 amide bonds. The highest BCUT2D eigenvalue weighted by Crippen LogP contribution is 2.11. The molecule has 3 nitrogen and oxygen atoms in total. The van der Waals surface area contributed by atoms with E-state index in [0.717, 1.165) is 6.54 Å². The topological polar surface area (TPSA) is 56.0 Å². The van der Waals surface area contributed by atoms with Crippen molar-refractivity contribution in [3.8, 4) is 6.07 Å². The summed E-state index contributed by atoms with van der Waals surface area (Å²) in [5, 5.41) is 20.4. The Labute approximate surface area is 66.4 Å². The zero-order valence-corrected chi connectivity index (χ0v) is 6.40. The molecule has 1 saturated heterocycles. The zero-order chi connectivity index (χ0) is 6.69. The Morgan fingerprint density at radius 1 is 1.60 bits per heavy atom. The lowest BCUT2D eigenvalue weighted by Crippen LogP contribution is -2.16. The SMILES string of the molecule is Cl.N#CC[C@@H]1CNC[C@H]1O. The normalized spacial score (nSPS) is 30.8. The molecule has 0 aromatic rings. The van der Waals surface area contributed by atoms with Gasteiger partial charge in [0.15, 0.2) is 0 Å². The molecule has 0 saturated carbocycles. The fourth-order valence-corrected chi connectivity index (χ4v) is 1.04. The van der Waals surface area contributed by atoms with E-state index in [1.54, 1.807) is 0 Å². The molecule has 0 unspecified atom stereocenters. The summed E-state index contributed by atoms with van der Waals surface area (Å²) in [4.78, 5) is 0. The smallest absolute Gasteiger partial charge is 0.0714 e. The summed E-state index contributed by atoms with van der Waals surface area (Å²) in [5.41, 5.74) is 0. The van der Waals surface area contributed by atoms with Gasteiger partial charge < -0.3 is 10.4 Å². The van der Waals surface area contributed by atoms with Crippen LogP contribution in [0.5, 0.6) is 0 Å². The van der Waals surface area contributed by atoms with Crippen molar-refractivity contribution in [2.75, 3.05) is 13.1 Å². The van der Waals surface area contributed by atoms with Gasteiger partial charge in [0.2, 0.25) is 0 Å². The van der Waals surface area contributed by atoms with Crippen LogP contribution in [0, 0.1) is 17.2 Å². The maximum atomic E-state index is 9.11. The number of nitrogens with one attached hydrogen (secondary N) is 1. The molecule has 1 rings (SSSR count). The van der Waals surface area contributed by atoms with Crippen molar-refractivity contribution in [3.05, 3.63) is 0 Å². The van der Waals surface area contributed by atoms with Gasteiger partial charge in [0.05, 0.1) is 12.2 Å². The fourth-order valence-electron chi connectivity index (χ4n) is 1.04. The fraction of sp³-hybridized carbons (Fsp3) is 0.833. The van der Waals surface area contributed by atoms with Crippen LogP contribution in [0.2, 0.25) is 0 Å². The minimum atomic E-state index is -0.301. The molecule has 2 N–H and O–H groups in total. The molecule has 4 heteroatoms. The number of hydrogen-bond donors (Lipinski definition) is 2. The third kappa shape index (κ3) is 2.14. The molecule has 0 aromatic carbocycles. The highest BCUT2D eigenvalue weighted by molar-refractivity contribution is 5.85.